The fraction of sp³-hybridized carbons (Fsp3) is 0. The summed E-state index contributed by atoms with van der Waals surface area (Å²) in [5, 5.41) is 2.61. The van der Waals surface area contributed by atoms with Gasteiger partial charge in [-0.1, -0.05) is 18.2 Å². The molecule has 0 aliphatic rings. The number of halogens is 1. The van der Waals surface area contributed by atoms with Crippen molar-refractivity contribution in [1.29, 1.82) is 0 Å². The van der Waals surface area contributed by atoms with E-state index in [-0.39, 0.29) is 10.7 Å². The van der Waals surface area contributed by atoms with E-state index in [1.165, 1.54) is 60.8 Å². The third-order valence-electron chi connectivity index (χ3n) is 3.61. The van der Waals surface area contributed by atoms with Crippen LogP contribution in [-0.2, 0) is 14.8 Å². The molecule has 6 nitrogen and oxygen atoms in total. The first-order valence-electron chi connectivity index (χ1n) is 8.21. The van der Waals surface area contributed by atoms with Crippen molar-refractivity contribution in [3.63, 3.8) is 0 Å². The molecule has 28 heavy (non-hydrogen) atoms. The first-order valence-corrected chi connectivity index (χ1v) is 9.69. The number of pyridine rings is 1. The van der Waals surface area contributed by atoms with Gasteiger partial charge in [-0.15, -0.1) is 0 Å². The van der Waals surface area contributed by atoms with Crippen LogP contribution in [0.3, 0.4) is 0 Å². The van der Waals surface area contributed by atoms with E-state index in [9.17, 15) is 17.6 Å². The molecule has 142 valence electrons. The lowest BCUT2D eigenvalue weighted by Gasteiger charge is -2.08. The van der Waals surface area contributed by atoms with Crippen molar-refractivity contribution in [2.75, 3.05) is 10.0 Å². The molecule has 1 amide bonds. The van der Waals surface area contributed by atoms with E-state index in [0.29, 0.717) is 11.3 Å². The minimum atomic E-state index is -3.78. The van der Waals surface area contributed by atoms with Crippen molar-refractivity contribution in [3.05, 3.63) is 90.4 Å². The molecule has 0 saturated carbocycles. The highest BCUT2D eigenvalue weighted by Crippen LogP contribution is 2.17. The van der Waals surface area contributed by atoms with E-state index in [1.807, 2.05) is 0 Å². The fourth-order valence-electron chi connectivity index (χ4n) is 2.30. The summed E-state index contributed by atoms with van der Waals surface area (Å²) in [4.78, 5) is 15.9. The monoisotopic (exact) mass is 397 g/mol. The van der Waals surface area contributed by atoms with Gasteiger partial charge in [-0.2, -0.15) is 0 Å². The third kappa shape index (κ3) is 5.24. The van der Waals surface area contributed by atoms with E-state index >= 15 is 0 Å². The molecule has 1 aromatic heterocycles. The Balaban J connectivity index is 1.64. The van der Waals surface area contributed by atoms with Crippen LogP contribution in [0.4, 0.5) is 15.9 Å². The number of carbonyl (C=O) groups excluding carboxylic acids is 1. The maximum absolute atomic E-state index is 13.1. The van der Waals surface area contributed by atoms with Crippen LogP contribution in [0.2, 0.25) is 0 Å². The van der Waals surface area contributed by atoms with Crippen molar-refractivity contribution in [2.45, 2.75) is 4.90 Å². The van der Waals surface area contributed by atoms with Crippen molar-refractivity contribution >= 4 is 33.5 Å². The molecule has 0 aliphatic heterocycles. The largest absolute Gasteiger partial charge is 0.323 e. The molecular weight excluding hydrogens is 381 g/mol. The van der Waals surface area contributed by atoms with Crippen LogP contribution in [0.25, 0.3) is 6.08 Å². The van der Waals surface area contributed by atoms with Gasteiger partial charge >= 0.3 is 0 Å². The second-order valence-corrected chi connectivity index (χ2v) is 7.40. The van der Waals surface area contributed by atoms with Crippen molar-refractivity contribution in [2.24, 2.45) is 0 Å². The molecule has 2 aromatic carbocycles. The summed E-state index contributed by atoms with van der Waals surface area (Å²) < 4.78 is 40.2. The van der Waals surface area contributed by atoms with Gasteiger partial charge < -0.3 is 5.32 Å². The van der Waals surface area contributed by atoms with Gasteiger partial charge in [-0.3, -0.25) is 9.52 Å². The van der Waals surface area contributed by atoms with Crippen LogP contribution in [-0.4, -0.2) is 19.3 Å². The second-order valence-electron chi connectivity index (χ2n) is 5.72. The van der Waals surface area contributed by atoms with Gasteiger partial charge in [0.05, 0.1) is 4.90 Å². The number of nitrogens with zero attached hydrogens (tertiary/aromatic N) is 1. The summed E-state index contributed by atoms with van der Waals surface area (Å²) in [6, 6.07) is 16.4. The smallest absolute Gasteiger partial charge is 0.263 e. The molecular formula is C20H16FN3O3S. The van der Waals surface area contributed by atoms with Gasteiger partial charge in [0.1, 0.15) is 11.6 Å². The first kappa shape index (κ1) is 19.2. The SMILES string of the molecule is O=C(/C=C/c1cccc(F)c1)Nc1ccc(S(=O)(=O)Nc2ccccn2)cc1. The molecule has 0 radical (unpaired) electrons. The predicted molar refractivity (Wildman–Crippen MR) is 106 cm³/mol. The molecule has 3 rings (SSSR count). The highest BCUT2D eigenvalue weighted by atomic mass is 32.2. The molecule has 3 aromatic rings. The van der Waals surface area contributed by atoms with Gasteiger partial charge in [0.25, 0.3) is 10.0 Å². The highest BCUT2D eigenvalue weighted by Gasteiger charge is 2.14. The van der Waals surface area contributed by atoms with Crippen molar-refractivity contribution in [3.8, 4) is 0 Å². The van der Waals surface area contributed by atoms with Crippen LogP contribution in [0.5, 0.6) is 0 Å². The predicted octanol–water partition coefficient (Wildman–Crippen LogP) is 3.67. The van der Waals surface area contributed by atoms with Crippen LogP contribution >= 0.6 is 0 Å². The fourth-order valence-corrected chi connectivity index (χ4v) is 3.31. The summed E-state index contributed by atoms with van der Waals surface area (Å²) in [6.07, 6.45) is 4.23. The maximum Gasteiger partial charge on any atom is 0.263 e. The Bertz CT molecular complexity index is 1100. The van der Waals surface area contributed by atoms with E-state index in [1.54, 1.807) is 24.3 Å². The van der Waals surface area contributed by atoms with E-state index in [0.717, 1.165) is 0 Å². The van der Waals surface area contributed by atoms with Gasteiger partial charge in [0, 0.05) is 18.0 Å². The number of benzene rings is 2. The number of nitrogens with one attached hydrogen (secondary N) is 2. The van der Waals surface area contributed by atoms with Crippen LogP contribution in [0.15, 0.2) is 83.9 Å². The summed E-state index contributed by atoms with van der Waals surface area (Å²) in [7, 11) is -3.78. The molecule has 0 saturated heterocycles. The molecule has 2 N–H and O–H groups in total. The summed E-state index contributed by atoms with van der Waals surface area (Å²) in [5.74, 6) is -0.604. The van der Waals surface area contributed by atoms with Crippen LogP contribution in [0.1, 0.15) is 5.56 Å². The molecule has 1 heterocycles. The number of anilines is 2. The normalized spacial score (nSPS) is 11.3. The van der Waals surface area contributed by atoms with Gasteiger partial charge in [0.2, 0.25) is 5.91 Å². The Kier molecular flexibility index (Phi) is 5.81. The number of hydrogen-bond acceptors (Lipinski definition) is 4. The molecule has 0 aliphatic carbocycles. The first-order chi connectivity index (χ1) is 13.4. The summed E-state index contributed by atoms with van der Waals surface area (Å²) in [6.45, 7) is 0. The lowest BCUT2D eigenvalue weighted by atomic mass is 10.2. The second kappa shape index (κ2) is 8.45. The molecule has 0 spiro atoms. The Morgan fingerprint density at radius 2 is 1.79 bits per heavy atom. The number of amides is 1. The highest BCUT2D eigenvalue weighted by molar-refractivity contribution is 7.92. The van der Waals surface area contributed by atoms with Crippen molar-refractivity contribution in [1.82, 2.24) is 4.98 Å². The van der Waals surface area contributed by atoms with Gasteiger partial charge in [-0.25, -0.2) is 17.8 Å². The third-order valence-corrected chi connectivity index (χ3v) is 4.98. The van der Waals surface area contributed by atoms with Gasteiger partial charge in [-0.05, 0) is 60.2 Å². The number of sulfonamides is 1. The van der Waals surface area contributed by atoms with Gasteiger partial charge in [0.15, 0.2) is 0 Å². The lowest BCUT2D eigenvalue weighted by molar-refractivity contribution is -0.111. The van der Waals surface area contributed by atoms with E-state index in [2.05, 4.69) is 15.0 Å². The topological polar surface area (TPSA) is 88.2 Å². The Morgan fingerprint density at radius 3 is 2.46 bits per heavy atom. The van der Waals surface area contributed by atoms with E-state index in [4.69, 9.17) is 0 Å². The zero-order valence-electron chi connectivity index (χ0n) is 14.5. The minimum absolute atomic E-state index is 0.0338. The Hall–Kier alpha value is -3.52. The Labute approximate surface area is 161 Å². The average molecular weight is 397 g/mol. The zero-order chi connectivity index (χ0) is 20.0. The van der Waals surface area contributed by atoms with Crippen LogP contribution < -0.4 is 10.0 Å². The number of carbonyl (C=O) groups is 1. The zero-order valence-corrected chi connectivity index (χ0v) is 15.4. The average Bonchev–Trinajstić information content (AvgIpc) is 2.67. The molecule has 0 unspecified atom stereocenters. The number of rotatable bonds is 6. The minimum Gasteiger partial charge on any atom is -0.323 e. The molecule has 0 fully saturated rings. The standard InChI is InChI=1S/C20H16FN3O3S/c21-16-5-3-4-15(14-16)7-12-20(25)23-17-8-10-18(11-9-17)28(26,27)24-19-6-1-2-13-22-19/h1-14H,(H,22,24)(H,23,25)/b12-7+. The molecule has 0 bridgehead atoms. The summed E-state index contributed by atoms with van der Waals surface area (Å²) in [5.41, 5.74) is 0.975. The Morgan fingerprint density at radius 1 is 1.00 bits per heavy atom. The van der Waals surface area contributed by atoms with Crippen molar-refractivity contribution < 1.29 is 17.6 Å². The summed E-state index contributed by atoms with van der Waals surface area (Å²) >= 11 is 0. The molecule has 8 heteroatoms. The van der Waals surface area contributed by atoms with E-state index < -0.39 is 21.7 Å². The number of aromatic nitrogens is 1. The quantitative estimate of drug-likeness (QED) is 0.621. The maximum atomic E-state index is 13.1. The lowest BCUT2D eigenvalue weighted by Crippen LogP contribution is -2.14. The van der Waals surface area contributed by atoms with Crippen LogP contribution in [0, 0.1) is 5.82 Å². The number of hydrogen-bond donors (Lipinski definition) is 2. The molecule has 0 atom stereocenters.